The molecule has 1 aliphatic rings. The number of hydrogen-bond donors (Lipinski definition) is 4. The average molecular weight is 637 g/mol. The first-order chi connectivity index (χ1) is 20.7. The van der Waals surface area contributed by atoms with Crippen LogP contribution in [-0.2, 0) is 38.2 Å². The van der Waals surface area contributed by atoms with Crippen molar-refractivity contribution in [1.82, 2.24) is 10.6 Å². The van der Waals surface area contributed by atoms with Gasteiger partial charge >= 0.3 is 5.97 Å². The van der Waals surface area contributed by atoms with Gasteiger partial charge in [-0.2, -0.15) is 11.8 Å². The summed E-state index contributed by atoms with van der Waals surface area (Å²) in [4.78, 5) is 24.9. The normalized spacial score (nSPS) is 15.7. The van der Waals surface area contributed by atoms with E-state index in [0.29, 0.717) is 66.5 Å². The molecule has 0 saturated heterocycles. The molecule has 3 rings (SSSR count). The zero-order valence-corrected chi connectivity index (χ0v) is 26.7. The van der Waals surface area contributed by atoms with Gasteiger partial charge in [0, 0.05) is 30.7 Å². The van der Waals surface area contributed by atoms with Crippen LogP contribution in [-0.4, -0.2) is 75.9 Å². The van der Waals surface area contributed by atoms with Crippen molar-refractivity contribution in [3.05, 3.63) is 53.6 Å². The van der Waals surface area contributed by atoms with Crippen molar-refractivity contribution >= 4 is 34.7 Å². The van der Waals surface area contributed by atoms with E-state index >= 15 is 0 Å². The third-order valence-corrected chi connectivity index (χ3v) is 9.11. The Labute approximate surface area is 260 Å². The highest BCUT2D eigenvalue weighted by Gasteiger charge is 2.25. The molecule has 238 valence electrons. The Morgan fingerprint density at radius 3 is 2.51 bits per heavy atom. The number of aliphatic hydroxyl groups is 1. The number of aliphatic hydroxyl groups excluding tert-OH is 1. The molecule has 12 heteroatoms. The van der Waals surface area contributed by atoms with Crippen molar-refractivity contribution in [2.75, 3.05) is 38.0 Å². The number of benzene rings is 2. The lowest BCUT2D eigenvalue weighted by Crippen LogP contribution is -2.50. The van der Waals surface area contributed by atoms with Crippen LogP contribution in [0.3, 0.4) is 0 Å². The fraction of sp³-hybridized carbons (Fsp3) is 0.548. The highest BCUT2D eigenvalue weighted by Crippen LogP contribution is 2.36. The van der Waals surface area contributed by atoms with Crippen molar-refractivity contribution < 1.29 is 37.7 Å². The lowest BCUT2D eigenvalue weighted by molar-refractivity contribution is -0.143. The van der Waals surface area contributed by atoms with E-state index in [1.807, 2.05) is 44.2 Å². The Kier molecular flexibility index (Phi) is 14.8. The van der Waals surface area contributed by atoms with Crippen molar-refractivity contribution in [1.29, 1.82) is 0 Å². The molecule has 0 fully saturated rings. The SMILES string of the molecule is CCOC(=O)CCCSCC(C)C(=O)NC(Cc1ccccc1)C(O)CNCC(C)Cc1cc2c(cc1S(=O)O)OCO2. The van der Waals surface area contributed by atoms with Crippen LogP contribution in [0.25, 0.3) is 0 Å². The molecule has 0 bridgehead atoms. The molecule has 5 unspecified atom stereocenters. The minimum absolute atomic E-state index is 0.0814. The van der Waals surface area contributed by atoms with Gasteiger partial charge in [0.1, 0.15) is 0 Å². The van der Waals surface area contributed by atoms with Gasteiger partial charge in [0.2, 0.25) is 12.7 Å². The summed E-state index contributed by atoms with van der Waals surface area (Å²) in [5.41, 5.74) is 1.72. The predicted molar refractivity (Wildman–Crippen MR) is 168 cm³/mol. The fourth-order valence-electron chi connectivity index (χ4n) is 4.72. The number of carbonyl (C=O) groups excluding carboxylic acids is 2. The Morgan fingerprint density at radius 2 is 1.81 bits per heavy atom. The molecule has 0 spiro atoms. The third kappa shape index (κ3) is 11.8. The van der Waals surface area contributed by atoms with E-state index in [1.165, 1.54) is 0 Å². The standard InChI is InChI=1S/C31H44N2O8S2/c1-4-39-30(35)11-8-12-42-19-22(3)31(36)33-25(14-23-9-6-5-7-10-23)26(34)18-32-17-21(2)13-24-15-27-28(41-20-40-27)16-29(24)43(37)38/h5-7,9-10,15-16,21-22,25-26,32,34H,4,8,11-14,17-20H2,1-3H3,(H,33,36)(H,37,38). The summed E-state index contributed by atoms with van der Waals surface area (Å²) in [5.74, 6) is 1.88. The van der Waals surface area contributed by atoms with Crippen LogP contribution in [0.2, 0.25) is 0 Å². The molecule has 4 N–H and O–H groups in total. The van der Waals surface area contributed by atoms with Gasteiger partial charge in [0.15, 0.2) is 22.6 Å². The second-order valence-corrected chi connectivity index (χ2v) is 12.9. The van der Waals surface area contributed by atoms with Crippen LogP contribution >= 0.6 is 11.8 Å². The molecule has 1 aliphatic heterocycles. The van der Waals surface area contributed by atoms with Crippen molar-refractivity contribution in [3.63, 3.8) is 0 Å². The summed E-state index contributed by atoms with van der Waals surface area (Å²) in [6, 6.07) is 12.5. The molecular formula is C31H44N2O8S2. The first-order valence-electron chi connectivity index (χ1n) is 14.7. The molecule has 0 saturated carbocycles. The van der Waals surface area contributed by atoms with Gasteiger partial charge in [-0.05, 0) is 61.6 Å². The second kappa shape index (κ2) is 18.2. The number of nitrogens with one attached hydrogen (secondary N) is 2. The Hall–Kier alpha value is -2.64. The van der Waals surface area contributed by atoms with E-state index in [0.717, 1.165) is 11.3 Å². The van der Waals surface area contributed by atoms with E-state index in [9.17, 15) is 23.5 Å². The molecule has 0 aromatic heterocycles. The van der Waals surface area contributed by atoms with E-state index in [1.54, 1.807) is 30.8 Å². The third-order valence-electron chi connectivity index (χ3n) is 7.04. The number of carbonyl (C=O) groups is 2. The number of thioether (sulfide) groups is 1. The first-order valence-corrected chi connectivity index (χ1v) is 16.9. The molecule has 0 aliphatic carbocycles. The molecule has 10 nitrogen and oxygen atoms in total. The molecule has 43 heavy (non-hydrogen) atoms. The Morgan fingerprint density at radius 1 is 1.09 bits per heavy atom. The van der Waals surface area contributed by atoms with E-state index in [-0.39, 0.29) is 37.0 Å². The van der Waals surface area contributed by atoms with Crippen LogP contribution in [0.4, 0.5) is 0 Å². The zero-order chi connectivity index (χ0) is 31.2. The maximum absolute atomic E-state index is 13.1. The molecule has 2 aromatic carbocycles. The van der Waals surface area contributed by atoms with Gasteiger partial charge in [0.25, 0.3) is 0 Å². The van der Waals surface area contributed by atoms with Gasteiger partial charge in [-0.1, -0.05) is 44.2 Å². The quantitative estimate of drug-likeness (QED) is 0.103. The highest BCUT2D eigenvalue weighted by atomic mass is 32.2. The van der Waals surface area contributed by atoms with Crippen molar-refractivity contribution in [2.45, 2.75) is 63.5 Å². The van der Waals surface area contributed by atoms with E-state index < -0.39 is 23.2 Å². The van der Waals surface area contributed by atoms with Crippen molar-refractivity contribution in [3.8, 4) is 11.5 Å². The molecule has 1 amide bonds. The minimum atomic E-state index is -2.16. The van der Waals surface area contributed by atoms with Gasteiger partial charge in [0.05, 0.1) is 23.6 Å². The number of ether oxygens (including phenoxy) is 3. The lowest BCUT2D eigenvalue weighted by Gasteiger charge is -2.27. The molecule has 1 heterocycles. The first kappa shape index (κ1) is 34.8. The van der Waals surface area contributed by atoms with Gasteiger partial charge in [-0.3, -0.25) is 9.59 Å². The van der Waals surface area contributed by atoms with Crippen LogP contribution in [0.15, 0.2) is 47.4 Å². The molecule has 0 radical (unpaired) electrons. The fourth-order valence-corrected chi connectivity index (χ4v) is 6.31. The van der Waals surface area contributed by atoms with Crippen LogP contribution in [0.1, 0.15) is 44.7 Å². The topological polar surface area (TPSA) is 143 Å². The molecule has 2 aromatic rings. The number of rotatable bonds is 19. The summed E-state index contributed by atoms with van der Waals surface area (Å²) in [5, 5.41) is 17.5. The van der Waals surface area contributed by atoms with Crippen molar-refractivity contribution in [2.24, 2.45) is 11.8 Å². The van der Waals surface area contributed by atoms with Gasteiger partial charge in [-0.25, -0.2) is 4.21 Å². The number of fused-ring (bicyclic) bond motifs is 1. The maximum Gasteiger partial charge on any atom is 0.305 e. The van der Waals surface area contributed by atoms with Gasteiger partial charge in [-0.15, -0.1) is 0 Å². The summed E-state index contributed by atoms with van der Waals surface area (Å²) in [7, 11) is 0. The average Bonchev–Trinajstić information content (AvgIpc) is 3.44. The monoisotopic (exact) mass is 636 g/mol. The minimum Gasteiger partial charge on any atom is -0.466 e. The smallest absolute Gasteiger partial charge is 0.305 e. The molecular weight excluding hydrogens is 592 g/mol. The van der Waals surface area contributed by atoms with E-state index in [4.69, 9.17) is 14.2 Å². The van der Waals surface area contributed by atoms with Crippen LogP contribution in [0, 0.1) is 11.8 Å². The summed E-state index contributed by atoms with van der Waals surface area (Å²) >= 11 is -0.538. The van der Waals surface area contributed by atoms with Crippen LogP contribution in [0.5, 0.6) is 11.5 Å². The summed E-state index contributed by atoms with van der Waals surface area (Å²) < 4.78 is 37.4. The highest BCUT2D eigenvalue weighted by molar-refractivity contribution is 7.99. The number of hydrogen-bond acceptors (Lipinski definition) is 9. The lowest BCUT2D eigenvalue weighted by atomic mass is 9.99. The second-order valence-electron chi connectivity index (χ2n) is 10.8. The Bertz CT molecular complexity index is 1200. The summed E-state index contributed by atoms with van der Waals surface area (Å²) in [6.45, 7) is 6.94. The molecule has 5 atom stereocenters. The maximum atomic E-state index is 13.1. The zero-order valence-electron chi connectivity index (χ0n) is 25.1. The van der Waals surface area contributed by atoms with Gasteiger partial charge < -0.3 is 34.5 Å². The predicted octanol–water partition coefficient (Wildman–Crippen LogP) is 3.57. The number of esters is 1. The van der Waals surface area contributed by atoms with Crippen LogP contribution < -0.4 is 20.1 Å². The largest absolute Gasteiger partial charge is 0.466 e. The van der Waals surface area contributed by atoms with E-state index in [2.05, 4.69) is 10.6 Å². The summed E-state index contributed by atoms with van der Waals surface area (Å²) in [6.07, 6.45) is 1.24. The number of amides is 1. The Balaban J connectivity index is 1.51.